The van der Waals surface area contributed by atoms with Crippen molar-refractivity contribution in [2.75, 3.05) is 0 Å². The van der Waals surface area contributed by atoms with Crippen molar-refractivity contribution in [2.24, 2.45) is 5.10 Å². The number of nitrogens with one attached hydrogen (secondary N) is 1. The molecular weight excluding hydrogens is 294 g/mol. The van der Waals surface area contributed by atoms with E-state index in [0.29, 0.717) is 0 Å². The first-order valence-electron chi connectivity index (χ1n) is 7.08. The van der Waals surface area contributed by atoms with Gasteiger partial charge >= 0.3 is 0 Å². The number of benzene rings is 2. The summed E-state index contributed by atoms with van der Waals surface area (Å²) in [6, 6.07) is 16.6. The Morgan fingerprint density at radius 3 is 2.64 bits per heavy atom. The first-order valence-corrected chi connectivity index (χ1v) is 7.89. The summed E-state index contributed by atoms with van der Waals surface area (Å²) >= 11 is 1.57. The van der Waals surface area contributed by atoms with Crippen LogP contribution in [-0.4, -0.2) is 10.5 Å². The van der Waals surface area contributed by atoms with Gasteiger partial charge in [-0.2, -0.15) is 0 Å². The highest BCUT2D eigenvalue weighted by Gasteiger charge is 2.06. The number of amides is 1. The Balaban J connectivity index is 2.09. The van der Waals surface area contributed by atoms with Crippen LogP contribution < -0.4 is 10.2 Å². The predicted octanol–water partition coefficient (Wildman–Crippen LogP) is 3.01. The van der Waals surface area contributed by atoms with E-state index in [1.54, 1.807) is 11.3 Å². The van der Waals surface area contributed by atoms with Crippen LogP contribution in [0.3, 0.4) is 0 Å². The van der Waals surface area contributed by atoms with E-state index in [4.69, 9.17) is 0 Å². The van der Waals surface area contributed by atoms with E-state index in [9.17, 15) is 4.79 Å². The number of nitrogens with zero attached hydrogens (tertiary/aromatic N) is 2. The molecule has 5 heteroatoms. The summed E-state index contributed by atoms with van der Waals surface area (Å²) in [5, 5.41) is 4.24. The molecule has 0 spiro atoms. The quantitative estimate of drug-likeness (QED) is 0.743. The van der Waals surface area contributed by atoms with Crippen LogP contribution in [0.1, 0.15) is 18.1 Å². The molecule has 0 unspecified atom stereocenters. The van der Waals surface area contributed by atoms with E-state index in [-0.39, 0.29) is 5.91 Å². The Morgan fingerprint density at radius 2 is 1.91 bits per heavy atom. The minimum atomic E-state index is -0.167. The van der Waals surface area contributed by atoms with Crippen LogP contribution in [0, 0.1) is 6.92 Å². The smallest absolute Gasteiger partial charge is 0.237 e. The van der Waals surface area contributed by atoms with Crippen LogP contribution in [0.5, 0.6) is 0 Å². The number of aryl methyl sites for hydroxylation is 1. The van der Waals surface area contributed by atoms with Gasteiger partial charge in [-0.3, -0.25) is 4.79 Å². The summed E-state index contributed by atoms with van der Waals surface area (Å²) in [6.45, 7) is 4.26. The van der Waals surface area contributed by atoms with Gasteiger partial charge in [0.2, 0.25) is 10.7 Å². The number of carbonyl (C=O) groups excluding carboxylic acids is 1. The van der Waals surface area contributed by atoms with E-state index in [1.165, 1.54) is 18.1 Å². The van der Waals surface area contributed by atoms with Crippen molar-refractivity contribution < 1.29 is 4.79 Å². The zero-order valence-corrected chi connectivity index (χ0v) is 13.4. The van der Waals surface area contributed by atoms with Crippen LogP contribution in [-0.2, 0) is 11.3 Å². The topological polar surface area (TPSA) is 46.4 Å². The van der Waals surface area contributed by atoms with Crippen molar-refractivity contribution in [3.63, 3.8) is 0 Å². The van der Waals surface area contributed by atoms with Gasteiger partial charge in [-0.25, -0.2) is 5.43 Å². The molecule has 22 heavy (non-hydrogen) atoms. The molecule has 112 valence electrons. The number of thiazole rings is 1. The summed E-state index contributed by atoms with van der Waals surface area (Å²) in [7, 11) is 0. The van der Waals surface area contributed by atoms with Gasteiger partial charge in [0.25, 0.3) is 0 Å². The van der Waals surface area contributed by atoms with Crippen LogP contribution in [0.15, 0.2) is 53.6 Å². The molecule has 0 aliphatic heterocycles. The number of aromatic nitrogens is 1. The molecule has 0 saturated heterocycles. The summed E-state index contributed by atoms with van der Waals surface area (Å²) in [6.07, 6.45) is 0. The Kier molecular flexibility index (Phi) is 4.06. The molecule has 2 aromatic carbocycles. The lowest BCUT2D eigenvalue weighted by Gasteiger charge is -2.06. The fraction of sp³-hybridized carbons (Fsp3) is 0.176. The first-order chi connectivity index (χ1) is 10.6. The van der Waals surface area contributed by atoms with Gasteiger partial charge in [0.15, 0.2) is 0 Å². The average molecular weight is 311 g/mol. The molecule has 0 aliphatic carbocycles. The largest absolute Gasteiger partial charge is 0.311 e. The molecule has 0 saturated carbocycles. The highest BCUT2D eigenvalue weighted by Crippen LogP contribution is 2.18. The molecule has 0 fully saturated rings. The lowest BCUT2D eigenvalue weighted by molar-refractivity contribution is -0.119. The van der Waals surface area contributed by atoms with Gasteiger partial charge in [-0.1, -0.05) is 53.3 Å². The summed E-state index contributed by atoms with van der Waals surface area (Å²) in [5.41, 5.74) is 6.11. The molecule has 1 aromatic heterocycles. The number of para-hydroxylation sites is 1. The monoisotopic (exact) mass is 311 g/mol. The molecule has 3 rings (SSSR count). The van der Waals surface area contributed by atoms with Gasteiger partial charge < -0.3 is 4.57 Å². The minimum Gasteiger partial charge on any atom is -0.311 e. The fourth-order valence-corrected chi connectivity index (χ4v) is 3.25. The number of fused-ring (bicyclic) bond motifs is 1. The maximum absolute atomic E-state index is 11.1. The predicted molar refractivity (Wildman–Crippen MR) is 89.5 cm³/mol. The normalized spacial score (nSPS) is 11.8. The van der Waals surface area contributed by atoms with Gasteiger partial charge in [0, 0.05) is 6.92 Å². The molecule has 4 nitrogen and oxygen atoms in total. The number of rotatable bonds is 3. The molecular formula is C17H17N3OS. The van der Waals surface area contributed by atoms with Crippen LogP contribution >= 0.6 is 11.3 Å². The highest BCUT2D eigenvalue weighted by atomic mass is 32.1. The van der Waals surface area contributed by atoms with E-state index < -0.39 is 0 Å². The van der Waals surface area contributed by atoms with E-state index >= 15 is 0 Å². The van der Waals surface area contributed by atoms with Crippen molar-refractivity contribution in [1.29, 1.82) is 0 Å². The van der Waals surface area contributed by atoms with Crippen molar-refractivity contribution >= 4 is 27.5 Å². The number of carbonyl (C=O) groups is 1. The Morgan fingerprint density at radius 1 is 1.18 bits per heavy atom. The van der Waals surface area contributed by atoms with Gasteiger partial charge in [-0.05, 0) is 24.6 Å². The Hall–Kier alpha value is -2.40. The van der Waals surface area contributed by atoms with Gasteiger partial charge in [0.1, 0.15) is 0 Å². The molecule has 3 aromatic rings. The second-order valence-electron chi connectivity index (χ2n) is 5.20. The van der Waals surface area contributed by atoms with Crippen LogP contribution in [0.25, 0.3) is 10.2 Å². The van der Waals surface area contributed by atoms with E-state index in [2.05, 4.69) is 58.4 Å². The molecule has 1 heterocycles. The third-order valence-electron chi connectivity index (χ3n) is 3.36. The van der Waals surface area contributed by atoms with E-state index in [1.807, 2.05) is 12.1 Å². The number of hydrogen-bond acceptors (Lipinski definition) is 3. The molecule has 0 aliphatic rings. The molecule has 1 amide bonds. The maximum Gasteiger partial charge on any atom is 0.237 e. The minimum absolute atomic E-state index is 0.167. The standard InChI is InChI=1S/C17H17N3OS/c1-12-7-9-14(10-8-12)11-20-15-5-3-4-6-16(15)22-17(20)19-18-13(2)21/h3-10H,11H2,1-2H3,(H,18,21). The summed E-state index contributed by atoms with van der Waals surface area (Å²) in [5.74, 6) is -0.167. The SMILES string of the molecule is CC(=O)NN=c1sc2ccccc2n1Cc1ccc(C)cc1. The average Bonchev–Trinajstić information content (AvgIpc) is 2.85. The van der Waals surface area contributed by atoms with Gasteiger partial charge in [-0.15, -0.1) is 5.10 Å². The lowest BCUT2D eigenvalue weighted by atomic mass is 10.1. The van der Waals surface area contributed by atoms with Crippen molar-refractivity contribution in [3.8, 4) is 0 Å². The molecule has 0 radical (unpaired) electrons. The number of hydrogen-bond donors (Lipinski definition) is 1. The van der Waals surface area contributed by atoms with E-state index in [0.717, 1.165) is 21.6 Å². The third kappa shape index (κ3) is 3.09. The lowest BCUT2D eigenvalue weighted by Crippen LogP contribution is -2.22. The third-order valence-corrected chi connectivity index (χ3v) is 4.42. The summed E-state index contributed by atoms with van der Waals surface area (Å²) < 4.78 is 3.28. The van der Waals surface area contributed by atoms with Crippen molar-refractivity contribution in [2.45, 2.75) is 20.4 Å². The Bertz CT molecular complexity index is 875. The van der Waals surface area contributed by atoms with Crippen LogP contribution in [0.2, 0.25) is 0 Å². The zero-order chi connectivity index (χ0) is 15.5. The first kappa shape index (κ1) is 14.5. The maximum atomic E-state index is 11.1. The van der Waals surface area contributed by atoms with Gasteiger partial charge in [0.05, 0.1) is 16.8 Å². The second-order valence-corrected chi connectivity index (χ2v) is 6.21. The summed E-state index contributed by atoms with van der Waals surface area (Å²) in [4.78, 5) is 11.9. The highest BCUT2D eigenvalue weighted by molar-refractivity contribution is 7.16. The van der Waals surface area contributed by atoms with Crippen molar-refractivity contribution in [1.82, 2.24) is 9.99 Å². The zero-order valence-electron chi connectivity index (χ0n) is 12.5. The molecule has 0 bridgehead atoms. The molecule has 1 N–H and O–H groups in total. The second kappa shape index (κ2) is 6.15. The van der Waals surface area contributed by atoms with Crippen LogP contribution in [0.4, 0.5) is 0 Å². The molecule has 0 atom stereocenters. The fourth-order valence-electron chi connectivity index (χ4n) is 2.26. The van der Waals surface area contributed by atoms with Crippen molar-refractivity contribution in [3.05, 3.63) is 64.5 Å². The Labute approximate surface area is 132 Å².